The van der Waals surface area contributed by atoms with Crippen LogP contribution in [0.2, 0.25) is 0 Å². The Hall–Kier alpha value is -2.71. The number of hydrogen-bond donors (Lipinski definition) is 2. The maximum Gasteiger partial charge on any atom is 0.255 e. The summed E-state index contributed by atoms with van der Waals surface area (Å²) >= 11 is 0. The van der Waals surface area contributed by atoms with E-state index in [-0.39, 0.29) is 16.0 Å². The van der Waals surface area contributed by atoms with Crippen LogP contribution in [-0.2, 0) is 10.0 Å². The van der Waals surface area contributed by atoms with Crippen molar-refractivity contribution in [2.75, 3.05) is 5.32 Å². The zero-order chi connectivity index (χ0) is 17.2. The molecule has 0 aliphatic carbocycles. The molecule has 2 rings (SSSR count). The van der Waals surface area contributed by atoms with Gasteiger partial charge in [-0.25, -0.2) is 13.6 Å². The second-order valence-corrected chi connectivity index (χ2v) is 6.37. The highest BCUT2D eigenvalue weighted by molar-refractivity contribution is 7.89. The standard InChI is InChI=1S/C15H14N2O5S/c1-9-2-3-11(8-13(9)23(16,21)22)14(18)17-12-6-4-10(5-7-12)15(19)20/h2-8H,1H3,(H,17,18)(H,19,20)(H2,16,21,22)/p-1. The molecular formula is C15H13N2O5S-. The largest absolute Gasteiger partial charge is 0.545 e. The molecule has 7 nitrogen and oxygen atoms in total. The SMILES string of the molecule is Cc1ccc(C(=O)Nc2ccc(C(=O)[O-])cc2)cc1S(N)(=O)=O. The summed E-state index contributed by atoms with van der Waals surface area (Å²) in [6.07, 6.45) is 0. The van der Waals surface area contributed by atoms with Gasteiger partial charge in [0.2, 0.25) is 10.0 Å². The van der Waals surface area contributed by atoms with Crippen molar-refractivity contribution in [2.24, 2.45) is 5.14 Å². The van der Waals surface area contributed by atoms with Gasteiger partial charge in [0.05, 0.1) is 10.9 Å². The number of anilines is 1. The Labute approximate surface area is 132 Å². The lowest BCUT2D eigenvalue weighted by Crippen LogP contribution is -2.22. The first-order chi connectivity index (χ1) is 10.7. The fourth-order valence-electron chi connectivity index (χ4n) is 1.94. The number of sulfonamides is 1. The third-order valence-electron chi connectivity index (χ3n) is 3.14. The van der Waals surface area contributed by atoms with Gasteiger partial charge in [-0.1, -0.05) is 18.2 Å². The van der Waals surface area contributed by atoms with Gasteiger partial charge in [-0.05, 0) is 42.3 Å². The third-order valence-corrected chi connectivity index (χ3v) is 4.19. The molecule has 120 valence electrons. The summed E-state index contributed by atoms with van der Waals surface area (Å²) in [5.41, 5.74) is 0.888. The van der Waals surface area contributed by atoms with Gasteiger partial charge in [-0.15, -0.1) is 0 Å². The highest BCUT2D eigenvalue weighted by Crippen LogP contribution is 2.17. The molecule has 0 heterocycles. The zero-order valence-corrected chi connectivity index (χ0v) is 12.9. The summed E-state index contributed by atoms with van der Waals surface area (Å²) in [5, 5.41) is 18.3. The molecule has 0 radical (unpaired) electrons. The maximum atomic E-state index is 12.1. The lowest BCUT2D eigenvalue weighted by Gasteiger charge is -2.09. The Morgan fingerprint density at radius 3 is 2.13 bits per heavy atom. The number of carboxylic acids is 1. The van der Waals surface area contributed by atoms with E-state index in [2.05, 4.69) is 5.32 Å². The van der Waals surface area contributed by atoms with Crippen LogP contribution in [0, 0.1) is 6.92 Å². The highest BCUT2D eigenvalue weighted by Gasteiger charge is 2.15. The molecule has 0 saturated carbocycles. The third kappa shape index (κ3) is 3.93. The molecule has 23 heavy (non-hydrogen) atoms. The topological polar surface area (TPSA) is 129 Å². The van der Waals surface area contributed by atoms with Crippen LogP contribution in [0.1, 0.15) is 26.3 Å². The molecule has 8 heteroatoms. The molecule has 2 aromatic rings. The first kappa shape index (κ1) is 16.7. The Bertz CT molecular complexity index is 873. The molecule has 0 aliphatic heterocycles. The fraction of sp³-hybridized carbons (Fsp3) is 0.0667. The van der Waals surface area contributed by atoms with Crippen molar-refractivity contribution >= 4 is 27.6 Å². The molecule has 1 amide bonds. The maximum absolute atomic E-state index is 12.1. The van der Waals surface area contributed by atoms with Gasteiger partial charge in [-0.2, -0.15) is 0 Å². The number of aryl methyl sites for hydroxylation is 1. The van der Waals surface area contributed by atoms with Gasteiger partial charge in [0, 0.05) is 11.3 Å². The molecule has 0 bridgehead atoms. The van der Waals surface area contributed by atoms with Crippen molar-refractivity contribution in [3.63, 3.8) is 0 Å². The second kappa shape index (κ2) is 6.19. The van der Waals surface area contributed by atoms with Crippen LogP contribution in [0.5, 0.6) is 0 Å². The number of benzene rings is 2. The molecular weight excluding hydrogens is 320 g/mol. The molecule has 0 spiro atoms. The summed E-state index contributed by atoms with van der Waals surface area (Å²) in [4.78, 5) is 22.7. The van der Waals surface area contributed by atoms with Gasteiger partial charge < -0.3 is 15.2 Å². The average molecular weight is 333 g/mol. The first-order valence-corrected chi connectivity index (χ1v) is 7.99. The van der Waals surface area contributed by atoms with Crippen LogP contribution in [0.25, 0.3) is 0 Å². The van der Waals surface area contributed by atoms with E-state index in [9.17, 15) is 23.1 Å². The fourth-order valence-corrected chi connectivity index (χ4v) is 2.75. The summed E-state index contributed by atoms with van der Waals surface area (Å²) in [7, 11) is -3.93. The second-order valence-electron chi connectivity index (χ2n) is 4.84. The molecule has 3 N–H and O–H groups in total. The molecule has 0 saturated heterocycles. The van der Waals surface area contributed by atoms with Crippen molar-refractivity contribution in [3.05, 3.63) is 59.2 Å². The van der Waals surface area contributed by atoms with Crippen LogP contribution in [0.15, 0.2) is 47.4 Å². The van der Waals surface area contributed by atoms with Gasteiger partial charge in [-0.3, -0.25) is 4.79 Å². The number of nitrogens with one attached hydrogen (secondary N) is 1. The van der Waals surface area contributed by atoms with Crippen LogP contribution in [-0.4, -0.2) is 20.3 Å². The summed E-state index contributed by atoms with van der Waals surface area (Å²) < 4.78 is 22.9. The number of carbonyl (C=O) groups excluding carboxylic acids is 2. The Morgan fingerprint density at radius 1 is 1.04 bits per heavy atom. The van der Waals surface area contributed by atoms with Crippen LogP contribution >= 0.6 is 0 Å². The van der Waals surface area contributed by atoms with Crippen molar-refractivity contribution in [1.82, 2.24) is 0 Å². The van der Waals surface area contributed by atoms with E-state index in [1.165, 1.54) is 42.5 Å². The number of amides is 1. The number of rotatable bonds is 4. The molecule has 0 fully saturated rings. The van der Waals surface area contributed by atoms with E-state index in [0.29, 0.717) is 11.3 Å². The molecule has 0 aromatic heterocycles. The Morgan fingerprint density at radius 2 is 1.61 bits per heavy atom. The monoisotopic (exact) mass is 333 g/mol. The number of carboxylic acid groups (broad SMARTS) is 1. The zero-order valence-electron chi connectivity index (χ0n) is 12.1. The minimum atomic E-state index is -3.93. The Kier molecular flexibility index (Phi) is 4.48. The molecule has 0 atom stereocenters. The predicted molar refractivity (Wildman–Crippen MR) is 81.3 cm³/mol. The smallest absolute Gasteiger partial charge is 0.255 e. The number of primary sulfonamides is 1. The summed E-state index contributed by atoms with van der Waals surface area (Å²) in [5.74, 6) is -1.87. The summed E-state index contributed by atoms with van der Waals surface area (Å²) in [6, 6.07) is 9.51. The predicted octanol–water partition coefficient (Wildman–Crippen LogP) is 0.258. The van der Waals surface area contributed by atoms with E-state index in [0.717, 1.165) is 0 Å². The number of hydrogen-bond acceptors (Lipinski definition) is 5. The molecule has 0 unspecified atom stereocenters. The number of aromatic carboxylic acids is 1. The van der Waals surface area contributed by atoms with E-state index in [1.54, 1.807) is 6.92 Å². The van der Waals surface area contributed by atoms with E-state index in [1.807, 2.05) is 0 Å². The van der Waals surface area contributed by atoms with Crippen molar-refractivity contribution in [3.8, 4) is 0 Å². The number of nitrogens with two attached hydrogens (primary N) is 1. The van der Waals surface area contributed by atoms with Crippen molar-refractivity contribution in [2.45, 2.75) is 11.8 Å². The van der Waals surface area contributed by atoms with Gasteiger partial charge in [0.15, 0.2) is 0 Å². The van der Waals surface area contributed by atoms with Crippen molar-refractivity contribution in [1.29, 1.82) is 0 Å². The first-order valence-electron chi connectivity index (χ1n) is 6.44. The van der Waals surface area contributed by atoms with Gasteiger partial charge in [0.25, 0.3) is 5.91 Å². The Balaban J connectivity index is 2.26. The van der Waals surface area contributed by atoms with Crippen LogP contribution < -0.4 is 15.6 Å². The van der Waals surface area contributed by atoms with E-state index >= 15 is 0 Å². The van der Waals surface area contributed by atoms with Crippen LogP contribution in [0.3, 0.4) is 0 Å². The lowest BCUT2D eigenvalue weighted by atomic mass is 10.1. The minimum Gasteiger partial charge on any atom is -0.545 e. The van der Waals surface area contributed by atoms with E-state index < -0.39 is 21.9 Å². The molecule has 0 aliphatic rings. The lowest BCUT2D eigenvalue weighted by molar-refractivity contribution is -0.255. The highest BCUT2D eigenvalue weighted by atomic mass is 32.2. The van der Waals surface area contributed by atoms with Crippen molar-refractivity contribution < 1.29 is 23.1 Å². The number of carbonyl (C=O) groups is 2. The van der Waals surface area contributed by atoms with Gasteiger partial charge >= 0.3 is 0 Å². The van der Waals surface area contributed by atoms with Gasteiger partial charge in [0.1, 0.15) is 0 Å². The molecule has 2 aromatic carbocycles. The normalized spacial score (nSPS) is 11.0. The van der Waals surface area contributed by atoms with E-state index in [4.69, 9.17) is 5.14 Å². The average Bonchev–Trinajstić information content (AvgIpc) is 2.47. The minimum absolute atomic E-state index is 0.0187. The van der Waals surface area contributed by atoms with Crippen LogP contribution in [0.4, 0.5) is 5.69 Å². The summed E-state index contributed by atoms with van der Waals surface area (Å²) in [6.45, 7) is 1.57. The quantitative estimate of drug-likeness (QED) is 0.829.